The minimum Gasteiger partial charge on any atom is -0.507 e. The van der Waals surface area contributed by atoms with Gasteiger partial charge < -0.3 is 10.4 Å². The van der Waals surface area contributed by atoms with Gasteiger partial charge >= 0.3 is 0 Å². The Morgan fingerprint density at radius 2 is 1.61 bits per heavy atom. The van der Waals surface area contributed by atoms with Gasteiger partial charge in [-0.3, -0.25) is 19.4 Å². The molecule has 0 bridgehead atoms. The van der Waals surface area contributed by atoms with Crippen molar-refractivity contribution in [2.24, 2.45) is 0 Å². The van der Waals surface area contributed by atoms with Crippen molar-refractivity contribution >= 4 is 23.2 Å². The molecule has 0 fully saturated rings. The molecule has 1 heterocycles. The summed E-state index contributed by atoms with van der Waals surface area (Å²) in [5, 5.41) is 12.8. The molecule has 0 radical (unpaired) electrons. The summed E-state index contributed by atoms with van der Waals surface area (Å²) in [6, 6.07) is 7.85. The van der Waals surface area contributed by atoms with Gasteiger partial charge in [-0.15, -0.1) is 0 Å². The van der Waals surface area contributed by atoms with Crippen molar-refractivity contribution in [1.29, 1.82) is 0 Å². The van der Waals surface area contributed by atoms with E-state index in [1.807, 2.05) is 0 Å². The summed E-state index contributed by atoms with van der Waals surface area (Å²) in [5.41, 5.74) is 3.04. The third-order valence-electron chi connectivity index (χ3n) is 4.94. The Labute approximate surface area is 162 Å². The van der Waals surface area contributed by atoms with Crippen LogP contribution < -0.4 is 5.32 Å². The third-order valence-corrected chi connectivity index (χ3v) is 4.94. The van der Waals surface area contributed by atoms with Crippen LogP contribution in [0.1, 0.15) is 36.7 Å². The molecule has 0 aliphatic heterocycles. The van der Waals surface area contributed by atoms with E-state index in [1.165, 1.54) is 12.1 Å². The number of anilines is 1. The molecular formula is C22H20N2O4. The smallest absolute Gasteiger partial charge is 0.259 e. The zero-order chi connectivity index (χ0) is 20.4. The number of amides is 1. The SMILES string of the molecule is CC1=C(C)C(=O)C(Cc2ccc(O)c(C(=O)Nc3ccncc3)c2)=C(C)C1=O. The van der Waals surface area contributed by atoms with E-state index < -0.39 is 5.91 Å². The Morgan fingerprint density at radius 3 is 2.29 bits per heavy atom. The standard InChI is InChI=1S/C22H20N2O4/c1-12-13(2)21(27)17(14(3)20(12)26)10-15-4-5-19(25)18(11-15)22(28)24-16-6-8-23-9-7-16/h4-9,11,25H,10H2,1-3H3,(H,23,24,28). The van der Waals surface area contributed by atoms with Gasteiger partial charge in [0.2, 0.25) is 0 Å². The Hall–Kier alpha value is -3.54. The molecule has 1 aliphatic rings. The van der Waals surface area contributed by atoms with E-state index in [0.29, 0.717) is 33.5 Å². The summed E-state index contributed by atoms with van der Waals surface area (Å²) in [4.78, 5) is 41.4. The number of benzene rings is 1. The van der Waals surface area contributed by atoms with Crippen LogP contribution in [0.25, 0.3) is 0 Å². The number of aromatic hydroxyl groups is 1. The summed E-state index contributed by atoms with van der Waals surface area (Å²) in [7, 11) is 0. The van der Waals surface area contributed by atoms with Gasteiger partial charge in [-0.05, 0) is 50.6 Å². The molecule has 0 spiro atoms. The highest BCUT2D eigenvalue weighted by Gasteiger charge is 2.28. The van der Waals surface area contributed by atoms with Gasteiger partial charge in [0, 0.05) is 46.8 Å². The number of allylic oxidation sites excluding steroid dienone is 4. The molecule has 0 saturated carbocycles. The number of nitrogens with one attached hydrogen (secondary N) is 1. The second-order valence-electron chi connectivity index (χ2n) is 6.73. The maximum Gasteiger partial charge on any atom is 0.259 e. The molecule has 1 aromatic carbocycles. The maximum atomic E-state index is 12.6. The predicted molar refractivity (Wildman–Crippen MR) is 105 cm³/mol. The van der Waals surface area contributed by atoms with Crippen molar-refractivity contribution in [3.63, 3.8) is 0 Å². The molecule has 28 heavy (non-hydrogen) atoms. The summed E-state index contributed by atoms with van der Waals surface area (Å²) in [5.74, 6) is -0.944. The number of hydrogen-bond acceptors (Lipinski definition) is 5. The lowest BCUT2D eigenvalue weighted by Gasteiger charge is -2.19. The molecule has 142 valence electrons. The van der Waals surface area contributed by atoms with Gasteiger partial charge in [-0.1, -0.05) is 6.07 Å². The summed E-state index contributed by atoms with van der Waals surface area (Å²) in [6.07, 6.45) is 3.30. The van der Waals surface area contributed by atoms with Crippen LogP contribution in [0, 0.1) is 0 Å². The van der Waals surface area contributed by atoms with Gasteiger partial charge in [-0.2, -0.15) is 0 Å². The minimum atomic E-state index is -0.478. The van der Waals surface area contributed by atoms with E-state index in [0.717, 1.165) is 0 Å². The molecule has 0 saturated heterocycles. The second-order valence-corrected chi connectivity index (χ2v) is 6.73. The van der Waals surface area contributed by atoms with E-state index in [9.17, 15) is 19.5 Å². The number of ketones is 2. The first-order chi connectivity index (χ1) is 13.3. The third kappa shape index (κ3) is 3.62. The van der Waals surface area contributed by atoms with Gasteiger partial charge in [0.1, 0.15) is 5.75 Å². The fourth-order valence-electron chi connectivity index (χ4n) is 3.08. The Bertz CT molecular complexity index is 1050. The fourth-order valence-corrected chi connectivity index (χ4v) is 3.08. The van der Waals surface area contributed by atoms with Crippen LogP contribution in [-0.2, 0) is 16.0 Å². The molecular weight excluding hydrogens is 356 g/mol. The van der Waals surface area contributed by atoms with Crippen LogP contribution in [0.5, 0.6) is 5.75 Å². The van der Waals surface area contributed by atoms with E-state index in [1.54, 1.807) is 51.4 Å². The molecule has 3 rings (SSSR count). The molecule has 1 aliphatic carbocycles. The molecule has 0 unspecified atom stereocenters. The predicted octanol–water partition coefficient (Wildman–Crippen LogP) is 3.39. The quantitative estimate of drug-likeness (QED) is 0.798. The number of aromatic nitrogens is 1. The van der Waals surface area contributed by atoms with Crippen LogP contribution >= 0.6 is 0 Å². The molecule has 1 aromatic heterocycles. The van der Waals surface area contributed by atoms with Gasteiger partial charge in [0.25, 0.3) is 5.91 Å². The number of phenolic OH excluding ortho intramolecular Hbond substituents is 1. The molecule has 1 amide bonds. The largest absolute Gasteiger partial charge is 0.507 e. The number of Topliss-reactive ketones (excluding diaryl/α,β-unsaturated/α-hetero) is 2. The van der Waals surface area contributed by atoms with E-state index in [4.69, 9.17) is 0 Å². The number of hydrogen-bond donors (Lipinski definition) is 2. The van der Waals surface area contributed by atoms with Crippen molar-refractivity contribution in [2.75, 3.05) is 5.32 Å². The number of rotatable bonds is 4. The lowest BCUT2D eigenvalue weighted by molar-refractivity contribution is -0.116. The number of carbonyl (C=O) groups is 3. The summed E-state index contributed by atoms with van der Waals surface area (Å²) in [6.45, 7) is 4.94. The van der Waals surface area contributed by atoms with E-state index >= 15 is 0 Å². The van der Waals surface area contributed by atoms with Crippen LogP contribution in [0.15, 0.2) is 65.0 Å². The van der Waals surface area contributed by atoms with Crippen molar-refractivity contribution in [1.82, 2.24) is 4.98 Å². The van der Waals surface area contributed by atoms with E-state index in [-0.39, 0.29) is 29.3 Å². The highest BCUT2D eigenvalue weighted by molar-refractivity contribution is 6.24. The average molecular weight is 376 g/mol. The van der Waals surface area contributed by atoms with Crippen molar-refractivity contribution in [2.45, 2.75) is 27.2 Å². The highest BCUT2D eigenvalue weighted by Crippen LogP contribution is 2.28. The number of nitrogens with zero attached hydrogens (tertiary/aromatic N) is 1. The normalized spacial score (nSPS) is 14.5. The van der Waals surface area contributed by atoms with Crippen molar-refractivity contribution in [3.8, 4) is 5.75 Å². The molecule has 2 N–H and O–H groups in total. The molecule has 6 heteroatoms. The Kier molecular flexibility index (Phi) is 5.22. The van der Waals surface area contributed by atoms with E-state index in [2.05, 4.69) is 10.3 Å². The van der Waals surface area contributed by atoms with Gasteiger partial charge in [0.15, 0.2) is 11.6 Å². The van der Waals surface area contributed by atoms with Crippen LogP contribution in [0.3, 0.4) is 0 Å². The average Bonchev–Trinajstić information content (AvgIpc) is 2.70. The topological polar surface area (TPSA) is 96.4 Å². The monoisotopic (exact) mass is 376 g/mol. The van der Waals surface area contributed by atoms with Crippen LogP contribution in [-0.4, -0.2) is 27.6 Å². The lowest BCUT2D eigenvalue weighted by atomic mass is 9.83. The zero-order valence-electron chi connectivity index (χ0n) is 15.9. The van der Waals surface area contributed by atoms with Gasteiger partial charge in [-0.25, -0.2) is 0 Å². The van der Waals surface area contributed by atoms with Gasteiger partial charge in [0.05, 0.1) is 5.56 Å². The zero-order valence-corrected chi connectivity index (χ0v) is 15.9. The summed E-state index contributed by atoms with van der Waals surface area (Å²) < 4.78 is 0. The first kappa shape index (κ1) is 19.2. The minimum absolute atomic E-state index is 0.0885. The van der Waals surface area contributed by atoms with Crippen molar-refractivity contribution in [3.05, 3.63) is 76.1 Å². The number of phenols is 1. The van der Waals surface area contributed by atoms with Crippen LogP contribution in [0.2, 0.25) is 0 Å². The van der Waals surface area contributed by atoms with Crippen molar-refractivity contribution < 1.29 is 19.5 Å². The first-order valence-electron chi connectivity index (χ1n) is 8.79. The Balaban J connectivity index is 1.89. The molecule has 2 aromatic rings. The maximum absolute atomic E-state index is 12.6. The molecule has 0 atom stereocenters. The first-order valence-corrected chi connectivity index (χ1v) is 8.79. The number of pyridine rings is 1. The highest BCUT2D eigenvalue weighted by atomic mass is 16.3. The second kappa shape index (κ2) is 7.60. The van der Waals surface area contributed by atoms with Crippen LogP contribution in [0.4, 0.5) is 5.69 Å². The number of carbonyl (C=O) groups excluding carboxylic acids is 3. The fraction of sp³-hybridized carbons (Fsp3) is 0.182. The Morgan fingerprint density at radius 1 is 0.964 bits per heavy atom. The molecule has 6 nitrogen and oxygen atoms in total. The summed E-state index contributed by atoms with van der Waals surface area (Å²) >= 11 is 0. The lowest BCUT2D eigenvalue weighted by Crippen LogP contribution is -2.22.